The first-order valence-corrected chi connectivity index (χ1v) is 24.0. The lowest BCUT2D eigenvalue weighted by molar-refractivity contribution is -0.119. The van der Waals surface area contributed by atoms with Crippen molar-refractivity contribution in [2.45, 2.75) is 134 Å². The Morgan fingerprint density at radius 1 is 0.676 bits per heavy atom. The quantitative estimate of drug-likeness (QED) is 0.0889. The number of benzene rings is 2. The molecule has 2 heterocycles. The molecule has 0 saturated heterocycles. The van der Waals surface area contributed by atoms with Gasteiger partial charge in [-0.25, -0.2) is 48.5 Å². The minimum absolute atomic E-state index is 0.0447. The van der Waals surface area contributed by atoms with Gasteiger partial charge in [0.05, 0.1) is 18.3 Å². The molecule has 0 radical (unpaired) electrons. The van der Waals surface area contributed by atoms with Crippen LogP contribution in [0.5, 0.6) is 17.5 Å². The Morgan fingerprint density at radius 3 is 1.49 bits per heavy atom. The maximum Gasteiger partial charge on any atom is 0.297 e. The van der Waals surface area contributed by atoms with E-state index in [2.05, 4.69) is 14.7 Å². The number of Topliss-reactive ketones (excluding diaryl/α,β-unsaturated/α-hetero) is 2. The Morgan fingerprint density at radius 2 is 1.07 bits per heavy atom. The van der Waals surface area contributed by atoms with Gasteiger partial charge in [-0.1, -0.05) is 13.8 Å². The molecule has 2 aromatic carbocycles. The summed E-state index contributed by atoms with van der Waals surface area (Å²) in [4.78, 5) is 29.6. The first-order valence-electron chi connectivity index (χ1n) is 22.1. The topological polar surface area (TPSA) is 170 Å². The number of rotatable bonds is 19. The molecule has 4 aromatic rings. The Labute approximate surface area is 389 Å². The van der Waals surface area contributed by atoms with Gasteiger partial charge < -0.3 is 42.9 Å². The molecule has 0 spiro atoms. The molecule has 14 nitrogen and oxygen atoms in total. The van der Waals surface area contributed by atoms with Crippen LogP contribution in [0.25, 0.3) is 22.1 Å². The van der Waals surface area contributed by atoms with Gasteiger partial charge in [0.25, 0.3) is 18.9 Å². The summed E-state index contributed by atoms with van der Waals surface area (Å²) < 4.78 is 158. The lowest BCUT2D eigenvalue weighted by atomic mass is 9.95. The largest absolute Gasteiger partial charge is 0.484 e. The number of sulfone groups is 1. The number of nitrogens with zero attached hydrogens (tertiary/aromatic N) is 4. The van der Waals surface area contributed by atoms with E-state index < -0.39 is 86.9 Å². The van der Waals surface area contributed by atoms with Crippen molar-refractivity contribution < 1.29 is 81.9 Å². The van der Waals surface area contributed by atoms with Gasteiger partial charge in [-0.2, -0.15) is 4.98 Å². The van der Waals surface area contributed by atoms with Crippen molar-refractivity contribution in [3.8, 4) is 17.5 Å². The molecule has 2 saturated carbocycles. The zero-order valence-electron chi connectivity index (χ0n) is 39.0. The lowest BCUT2D eigenvalue weighted by Gasteiger charge is -2.29. The Kier molecular flexibility index (Phi) is 20.8. The first-order chi connectivity index (χ1) is 31.9. The summed E-state index contributed by atoms with van der Waals surface area (Å²) in [6, 6.07) is 1.31. The Bertz CT molecular complexity index is 2420. The number of carbonyl (C=O) groups is 2. The van der Waals surface area contributed by atoms with Crippen LogP contribution in [-0.4, -0.2) is 114 Å². The fourth-order valence-corrected chi connectivity index (χ4v) is 8.69. The molecule has 382 valence electrons. The predicted molar refractivity (Wildman–Crippen MR) is 233 cm³/mol. The third-order valence-corrected chi connectivity index (χ3v) is 12.1. The number of hydrogen-bond acceptors (Lipinski definition) is 12. The van der Waals surface area contributed by atoms with E-state index in [1.807, 2.05) is 13.8 Å². The molecule has 0 unspecified atom stereocenters. The van der Waals surface area contributed by atoms with Gasteiger partial charge >= 0.3 is 0 Å². The van der Waals surface area contributed by atoms with Crippen LogP contribution in [0.15, 0.2) is 17.3 Å². The Hall–Kier alpha value is -4.61. The first kappa shape index (κ1) is 56.0. The number of carbonyl (C=O) groups excluding carboxylic acids is 2. The predicted octanol–water partition coefficient (Wildman–Crippen LogP) is 8.64. The van der Waals surface area contributed by atoms with E-state index in [1.165, 1.54) is 18.7 Å². The number of aliphatic hydroxyl groups is 1. The number of alkyl halides is 4. The summed E-state index contributed by atoms with van der Waals surface area (Å²) in [6.07, 6.45) is 2.81. The van der Waals surface area contributed by atoms with E-state index in [1.54, 1.807) is 13.8 Å². The number of ketones is 2. The normalized spacial score (nSPS) is 19.6. The van der Waals surface area contributed by atoms with Crippen molar-refractivity contribution in [3.63, 3.8) is 0 Å². The van der Waals surface area contributed by atoms with Gasteiger partial charge in [0.1, 0.15) is 53.0 Å². The monoisotopic (exact) mass is 1000 g/mol. The van der Waals surface area contributed by atoms with Gasteiger partial charge in [0, 0.05) is 58.5 Å². The molecule has 2 aromatic heterocycles. The highest BCUT2D eigenvalue weighted by Gasteiger charge is 2.29. The summed E-state index contributed by atoms with van der Waals surface area (Å²) >= 11 is 0. The fraction of sp³-hybridized carbons (Fsp3) is 0.644. The summed E-state index contributed by atoms with van der Waals surface area (Å²) in [5, 5.41) is 8.78. The molecule has 1 N–H and O–H groups in total. The molecule has 2 aliphatic carbocycles. The van der Waals surface area contributed by atoms with Crippen LogP contribution in [0.1, 0.15) is 91.9 Å². The number of aliphatic hydroxyl groups excluding tert-OH is 1. The Balaban J connectivity index is 0.000000241. The molecule has 2 aliphatic rings. The van der Waals surface area contributed by atoms with Crippen LogP contribution in [0.3, 0.4) is 0 Å². The van der Waals surface area contributed by atoms with Crippen LogP contribution in [0.2, 0.25) is 0 Å². The summed E-state index contributed by atoms with van der Waals surface area (Å²) in [7, 11) is -1.17. The van der Waals surface area contributed by atoms with Crippen LogP contribution in [0.4, 0.5) is 35.1 Å². The average Bonchev–Trinajstić information content (AvgIpc) is 3.79. The van der Waals surface area contributed by atoms with Crippen molar-refractivity contribution in [1.82, 2.24) is 19.1 Å². The average molecular weight is 1000 g/mol. The van der Waals surface area contributed by atoms with Gasteiger partial charge in [0.15, 0.2) is 34.8 Å². The number of fused-ring (bicyclic) bond motifs is 2. The molecular weight excluding hydrogens is 941 g/mol. The molecule has 68 heavy (non-hydrogen) atoms. The fourth-order valence-electron chi connectivity index (χ4n) is 7.85. The van der Waals surface area contributed by atoms with Crippen LogP contribution in [0, 0.1) is 35.1 Å². The second-order valence-corrected chi connectivity index (χ2v) is 19.4. The molecule has 2 atom stereocenters. The third-order valence-electron chi connectivity index (χ3n) is 11.0. The van der Waals surface area contributed by atoms with Crippen LogP contribution < -0.4 is 14.2 Å². The number of imidazole rings is 2. The lowest BCUT2D eigenvalue weighted by Crippen LogP contribution is -2.30. The minimum Gasteiger partial charge on any atom is -0.484 e. The highest BCUT2D eigenvalue weighted by Crippen LogP contribution is 2.34. The van der Waals surface area contributed by atoms with Crippen molar-refractivity contribution in [1.29, 1.82) is 0 Å². The second kappa shape index (κ2) is 25.3. The van der Waals surface area contributed by atoms with Crippen molar-refractivity contribution >= 4 is 43.5 Å². The number of ether oxygens (including phenoxy) is 5. The van der Waals surface area contributed by atoms with Gasteiger partial charge in [0.2, 0.25) is 15.0 Å². The molecule has 0 bridgehead atoms. The molecular formula is C45H60F8N4O10S. The number of aromatic nitrogens is 4. The van der Waals surface area contributed by atoms with Crippen molar-refractivity contribution in [3.05, 3.63) is 35.4 Å². The van der Waals surface area contributed by atoms with E-state index in [0.717, 1.165) is 49.3 Å². The minimum atomic E-state index is -3.81. The molecule has 23 heteroatoms. The molecule has 0 aliphatic heterocycles. The van der Waals surface area contributed by atoms with Crippen LogP contribution >= 0.6 is 0 Å². The highest BCUT2D eigenvalue weighted by atomic mass is 32.2. The highest BCUT2D eigenvalue weighted by molar-refractivity contribution is 7.90. The van der Waals surface area contributed by atoms with Crippen LogP contribution in [-0.2, 0) is 43.0 Å². The standard InChI is InChI=1S/C22H28F4N2O4.C12H22O3.C11H10F4N2O3S/c1-12(8-13(2)29)10-30-14-4-6-15(7-5-14)32-22-27-20-16(23)9-17(31-11-18(24)25)19(26)21(20)28(22)3;1-9(7-10(2)13)8-15-12-5-3-11(14)4-6-12;1-17-10-8(15)6(20-4-7(13)14)3-5(12)9(10)16-11(17)21(2,18)19/h9,12,14-15,18H,4-8,10-11H2,1-3H3;9,11-12,14H,3-8H2,1-2H3;3,7H,4H2,1-2H3/t12-,14?,15?;9-,11?,12?;/m11./s1. The zero-order chi connectivity index (χ0) is 50.6. The van der Waals surface area contributed by atoms with E-state index in [-0.39, 0.29) is 52.8 Å². The zero-order valence-corrected chi connectivity index (χ0v) is 39.8. The molecule has 2 fully saturated rings. The van der Waals surface area contributed by atoms with Gasteiger partial charge in [-0.3, -0.25) is 4.57 Å². The smallest absolute Gasteiger partial charge is 0.297 e. The number of aryl methyl sites for hydroxylation is 2. The molecule has 0 amide bonds. The number of hydrogen-bond donors (Lipinski definition) is 1. The second-order valence-electron chi connectivity index (χ2n) is 17.5. The van der Waals surface area contributed by atoms with Crippen molar-refractivity contribution in [2.24, 2.45) is 25.9 Å². The van der Waals surface area contributed by atoms with E-state index >= 15 is 0 Å². The van der Waals surface area contributed by atoms with E-state index in [0.29, 0.717) is 63.1 Å². The van der Waals surface area contributed by atoms with Gasteiger partial charge in [-0.05, 0) is 77.0 Å². The van der Waals surface area contributed by atoms with Gasteiger partial charge in [-0.15, -0.1) is 0 Å². The summed E-state index contributed by atoms with van der Waals surface area (Å²) in [5.41, 5.74) is -1.44. The maximum absolute atomic E-state index is 14.7. The van der Waals surface area contributed by atoms with E-state index in [9.17, 15) is 58.2 Å². The summed E-state index contributed by atoms with van der Waals surface area (Å²) in [5.74, 6) is -4.55. The maximum atomic E-state index is 14.7. The SMILES string of the molecule is CC(=O)C[C@@H](C)COC1CCC(O)CC1.CC(=O)C[C@@H](C)COC1CCC(Oc2nc3c(F)cc(OCC(F)F)c(F)c3n2C)CC1.Cn1c(S(C)(=O)=O)nc2c(F)cc(OCC(F)F)c(F)c21. The summed E-state index contributed by atoms with van der Waals surface area (Å²) in [6.45, 7) is 6.24. The third kappa shape index (κ3) is 16.2. The molecule has 6 rings (SSSR count). The number of halogens is 8. The van der Waals surface area contributed by atoms with Crippen molar-refractivity contribution in [2.75, 3.05) is 32.7 Å². The van der Waals surface area contributed by atoms with E-state index in [4.69, 9.17) is 18.9 Å².